The first-order valence-electron chi connectivity index (χ1n) is 4.99. The van der Waals surface area contributed by atoms with Crippen LogP contribution in [0.25, 0.3) is 10.4 Å². The van der Waals surface area contributed by atoms with Crippen LogP contribution in [-0.2, 0) is 24.3 Å². The molecule has 6 heteroatoms. The summed E-state index contributed by atoms with van der Waals surface area (Å²) in [6, 6.07) is 0. The molecule has 0 spiro atoms. The molecule has 1 aliphatic rings. The Hall–Kier alpha value is -1.52. The average molecular weight is 207 g/mol. The van der Waals surface area contributed by atoms with Gasteiger partial charge in [0.25, 0.3) is 0 Å². The molecule has 80 valence electrons. The molecule has 0 bridgehead atoms. The zero-order chi connectivity index (χ0) is 10.7. The van der Waals surface area contributed by atoms with E-state index < -0.39 is 0 Å². The molecule has 0 fully saturated rings. The van der Waals surface area contributed by atoms with Gasteiger partial charge in [0.05, 0.1) is 5.69 Å². The van der Waals surface area contributed by atoms with Gasteiger partial charge >= 0.3 is 0 Å². The zero-order valence-corrected chi connectivity index (χ0v) is 8.68. The summed E-state index contributed by atoms with van der Waals surface area (Å²) in [5.74, 6) is 0.422. The van der Waals surface area contributed by atoms with E-state index in [1.165, 1.54) is 0 Å². The number of methoxy groups -OCH3 is 1. The van der Waals surface area contributed by atoms with Gasteiger partial charge in [-0.1, -0.05) is 0 Å². The lowest BCUT2D eigenvalue weighted by atomic mass is 10.0. The molecular formula is C9H13N5O. The second kappa shape index (κ2) is 4.33. The van der Waals surface area contributed by atoms with Crippen LogP contribution in [0.5, 0.6) is 0 Å². The fraction of sp³-hybridized carbons (Fsp3) is 0.667. The number of fused-ring (bicyclic) bond motifs is 1. The van der Waals surface area contributed by atoms with Crippen LogP contribution < -0.4 is 0 Å². The Morgan fingerprint density at radius 1 is 1.53 bits per heavy atom. The predicted octanol–water partition coefficient (Wildman–Crippen LogP) is 2.31. The number of aryl methyl sites for hydroxylation is 1. The summed E-state index contributed by atoms with van der Waals surface area (Å²) in [7, 11) is 1.62. The van der Waals surface area contributed by atoms with E-state index >= 15 is 0 Å². The molecular weight excluding hydrogens is 194 g/mol. The average Bonchev–Trinajstić information content (AvgIpc) is 2.59. The van der Waals surface area contributed by atoms with Gasteiger partial charge in [-0.25, -0.2) is 4.98 Å². The van der Waals surface area contributed by atoms with E-state index in [4.69, 9.17) is 10.3 Å². The first kappa shape index (κ1) is 10.0. The van der Waals surface area contributed by atoms with Crippen molar-refractivity contribution in [3.05, 3.63) is 21.8 Å². The molecule has 15 heavy (non-hydrogen) atoms. The molecule has 2 rings (SSSR count). The van der Waals surface area contributed by atoms with Crippen molar-refractivity contribution in [1.82, 2.24) is 9.55 Å². The second-order valence-corrected chi connectivity index (χ2v) is 3.55. The van der Waals surface area contributed by atoms with Crippen molar-refractivity contribution in [2.75, 3.05) is 7.11 Å². The summed E-state index contributed by atoms with van der Waals surface area (Å²) in [5.41, 5.74) is 10.7. The highest BCUT2D eigenvalue weighted by molar-refractivity contribution is 5.30. The highest BCUT2D eigenvalue weighted by Gasteiger charge is 2.18. The van der Waals surface area contributed by atoms with Gasteiger partial charge in [-0.2, -0.15) is 0 Å². The van der Waals surface area contributed by atoms with Crippen molar-refractivity contribution in [2.24, 2.45) is 5.11 Å². The number of azide groups is 1. The molecule has 0 saturated carbocycles. The van der Waals surface area contributed by atoms with Gasteiger partial charge in [-0.3, -0.25) is 0 Å². The summed E-state index contributed by atoms with van der Waals surface area (Å²) >= 11 is 0. The Bertz CT molecular complexity index is 405. The molecule has 0 unspecified atom stereocenters. The van der Waals surface area contributed by atoms with Crippen LogP contribution in [0, 0.1) is 0 Å². The van der Waals surface area contributed by atoms with Crippen molar-refractivity contribution >= 4 is 5.95 Å². The maximum absolute atomic E-state index is 8.44. The molecule has 0 N–H and O–H groups in total. The smallest absolute Gasteiger partial charge is 0.199 e. The number of hydrogen-bond donors (Lipinski definition) is 0. The molecule has 0 aliphatic heterocycles. The van der Waals surface area contributed by atoms with Crippen molar-refractivity contribution in [3.63, 3.8) is 0 Å². The summed E-state index contributed by atoms with van der Waals surface area (Å²) in [6.45, 7) is 0.399. The normalized spacial score (nSPS) is 14.5. The topological polar surface area (TPSA) is 75.8 Å². The van der Waals surface area contributed by atoms with Gasteiger partial charge in [-0.15, -0.1) is 0 Å². The number of rotatable bonds is 3. The molecule has 0 radical (unpaired) electrons. The van der Waals surface area contributed by atoms with E-state index in [9.17, 15) is 0 Å². The quantitative estimate of drug-likeness (QED) is 0.433. The van der Waals surface area contributed by atoms with Crippen LogP contribution in [0.15, 0.2) is 5.11 Å². The molecule has 1 aromatic heterocycles. The first-order chi connectivity index (χ1) is 7.36. The highest BCUT2D eigenvalue weighted by atomic mass is 16.5. The monoisotopic (exact) mass is 207 g/mol. The molecule has 0 aromatic carbocycles. The highest BCUT2D eigenvalue weighted by Crippen LogP contribution is 2.26. The number of aromatic nitrogens is 2. The van der Waals surface area contributed by atoms with E-state index in [0.29, 0.717) is 12.7 Å². The third-order valence-corrected chi connectivity index (χ3v) is 2.60. The van der Waals surface area contributed by atoms with Crippen LogP contribution in [-0.4, -0.2) is 16.7 Å². The predicted molar refractivity (Wildman–Crippen MR) is 54.7 cm³/mol. The largest absolute Gasteiger partial charge is 0.364 e. The summed E-state index contributed by atoms with van der Waals surface area (Å²) < 4.78 is 6.93. The van der Waals surface area contributed by atoms with Crippen molar-refractivity contribution in [1.29, 1.82) is 0 Å². The van der Waals surface area contributed by atoms with Crippen LogP contribution in [0.2, 0.25) is 0 Å². The van der Waals surface area contributed by atoms with Gasteiger partial charge in [0.1, 0.15) is 6.73 Å². The van der Waals surface area contributed by atoms with Gasteiger partial charge in [0.15, 0.2) is 5.95 Å². The molecule has 6 nitrogen and oxygen atoms in total. The second-order valence-electron chi connectivity index (χ2n) is 3.55. The lowest BCUT2D eigenvalue weighted by Crippen LogP contribution is -2.09. The SMILES string of the molecule is COCn1c(N=[N+]=[N-])nc2c1CCCC2. The number of hydrogen-bond acceptors (Lipinski definition) is 3. The molecule has 0 atom stereocenters. The molecule has 1 aromatic rings. The van der Waals surface area contributed by atoms with E-state index in [1.54, 1.807) is 7.11 Å². The minimum Gasteiger partial charge on any atom is -0.364 e. The Morgan fingerprint density at radius 3 is 3.07 bits per heavy atom. The fourth-order valence-electron chi connectivity index (χ4n) is 1.97. The minimum atomic E-state index is 0.399. The van der Waals surface area contributed by atoms with Crippen LogP contribution in [0.4, 0.5) is 5.95 Å². The Balaban J connectivity index is 2.45. The van der Waals surface area contributed by atoms with Crippen molar-refractivity contribution in [2.45, 2.75) is 32.4 Å². The van der Waals surface area contributed by atoms with Gasteiger partial charge < -0.3 is 9.30 Å². The van der Waals surface area contributed by atoms with Crippen LogP contribution in [0.3, 0.4) is 0 Å². The number of nitrogens with zero attached hydrogens (tertiary/aromatic N) is 5. The van der Waals surface area contributed by atoms with E-state index in [-0.39, 0.29) is 0 Å². The van der Waals surface area contributed by atoms with Crippen LogP contribution >= 0.6 is 0 Å². The number of imidazole rings is 1. The van der Waals surface area contributed by atoms with Gasteiger partial charge in [0, 0.05) is 17.7 Å². The van der Waals surface area contributed by atoms with Crippen molar-refractivity contribution < 1.29 is 4.74 Å². The zero-order valence-electron chi connectivity index (χ0n) is 8.68. The Kier molecular flexibility index (Phi) is 2.89. The van der Waals surface area contributed by atoms with E-state index in [2.05, 4.69) is 15.0 Å². The molecule has 0 amide bonds. The standard InChI is InChI=1S/C9H13N5O/c1-15-6-14-8-5-3-2-4-7(8)11-9(14)12-13-10/h2-6H2,1H3. The fourth-order valence-corrected chi connectivity index (χ4v) is 1.97. The number of ether oxygens (including phenoxy) is 1. The maximum atomic E-state index is 8.44. The first-order valence-corrected chi connectivity index (χ1v) is 4.99. The van der Waals surface area contributed by atoms with E-state index in [0.717, 1.165) is 37.1 Å². The molecule has 1 heterocycles. The minimum absolute atomic E-state index is 0.399. The summed E-state index contributed by atoms with van der Waals surface area (Å²) in [5, 5.41) is 3.58. The van der Waals surface area contributed by atoms with Crippen LogP contribution in [0.1, 0.15) is 24.2 Å². The Morgan fingerprint density at radius 2 is 2.33 bits per heavy atom. The summed E-state index contributed by atoms with van der Waals surface area (Å²) in [4.78, 5) is 7.10. The third kappa shape index (κ3) is 1.82. The van der Waals surface area contributed by atoms with Crippen molar-refractivity contribution in [3.8, 4) is 0 Å². The Labute approximate surface area is 87.5 Å². The lowest BCUT2D eigenvalue weighted by Gasteiger charge is -2.13. The third-order valence-electron chi connectivity index (χ3n) is 2.60. The molecule has 1 aliphatic carbocycles. The van der Waals surface area contributed by atoms with Gasteiger partial charge in [0.2, 0.25) is 0 Å². The maximum Gasteiger partial charge on any atom is 0.199 e. The molecule has 0 saturated heterocycles. The van der Waals surface area contributed by atoms with Gasteiger partial charge in [-0.05, 0) is 36.3 Å². The van der Waals surface area contributed by atoms with E-state index in [1.807, 2.05) is 4.57 Å². The lowest BCUT2D eigenvalue weighted by molar-refractivity contribution is 0.129. The summed E-state index contributed by atoms with van der Waals surface area (Å²) in [6.07, 6.45) is 4.29.